The number of nitrogens with two attached hydrogens (primary N) is 1. The maximum Gasteiger partial charge on any atom is 0.307 e. The quantitative estimate of drug-likeness (QED) is 0.878. The highest BCUT2D eigenvalue weighted by Crippen LogP contribution is 2.51. The summed E-state index contributed by atoms with van der Waals surface area (Å²) in [5, 5.41) is 9.14. The molecule has 0 bridgehead atoms. The van der Waals surface area contributed by atoms with E-state index in [1.165, 1.54) is 6.42 Å². The Morgan fingerprint density at radius 1 is 1.29 bits per heavy atom. The van der Waals surface area contributed by atoms with Gasteiger partial charge in [0.1, 0.15) is 11.4 Å². The summed E-state index contributed by atoms with van der Waals surface area (Å²) in [4.78, 5) is 11.1. The molecule has 0 saturated heterocycles. The zero-order valence-corrected chi connectivity index (χ0v) is 13.0. The van der Waals surface area contributed by atoms with Crippen molar-refractivity contribution in [2.75, 3.05) is 0 Å². The number of benzene rings is 1. The maximum atomic E-state index is 11.1. The van der Waals surface area contributed by atoms with Gasteiger partial charge in [-0.25, -0.2) is 0 Å². The maximum absolute atomic E-state index is 11.1. The van der Waals surface area contributed by atoms with E-state index in [0.717, 1.165) is 52.8 Å². The molecule has 1 heterocycles. The van der Waals surface area contributed by atoms with Gasteiger partial charge in [-0.05, 0) is 62.3 Å². The standard InChI is InChI=1S/C17H23NO3/c1-9-10(2)16-15(11(3)12(9)7-14(19)20)13(18)8-17(21-16)5-4-6-17/h13H,4-8,18H2,1-3H3,(H,19,20). The van der Waals surface area contributed by atoms with E-state index in [-0.39, 0.29) is 18.1 Å². The van der Waals surface area contributed by atoms with Crippen molar-refractivity contribution in [3.8, 4) is 5.75 Å². The van der Waals surface area contributed by atoms with E-state index in [0.29, 0.717) is 0 Å². The Labute approximate surface area is 125 Å². The Morgan fingerprint density at radius 3 is 2.48 bits per heavy atom. The molecule has 3 rings (SSSR count). The summed E-state index contributed by atoms with van der Waals surface area (Å²) in [5.74, 6) is 0.110. The van der Waals surface area contributed by atoms with E-state index in [2.05, 4.69) is 0 Å². The molecular formula is C17H23NO3. The number of rotatable bonds is 2. The molecule has 1 saturated carbocycles. The van der Waals surface area contributed by atoms with Crippen LogP contribution in [0.2, 0.25) is 0 Å². The van der Waals surface area contributed by atoms with Crippen molar-refractivity contribution in [1.29, 1.82) is 0 Å². The zero-order valence-electron chi connectivity index (χ0n) is 13.0. The fourth-order valence-corrected chi connectivity index (χ4v) is 3.85. The van der Waals surface area contributed by atoms with Crippen LogP contribution in [0.1, 0.15) is 59.5 Å². The fraction of sp³-hybridized carbons (Fsp3) is 0.588. The molecule has 0 amide bonds. The topological polar surface area (TPSA) is 72.5 Å². The van der Waals surface area contributed by atoms with Crippen LogP contribution in [0.3, 0.4) is 0 Å². The predicted molar refractivity (Wildman–Crippen MR) is 80.7 cm³/mol. The summed E-state index contributed by atoms with van der Waals surface area (Å²) in [5.41, 5.74) is 11.3. The predicted octanol–water partition coefficient (Wildman–Crippen LogP) is 2.94. The number of carboxylic acid groups (broad SMARTS) is 1. The van der Waals surface area contributed by atoms with Crippen LogP contribution in [0.4, 0.5) is 0 Å². The minimum absolute atomic E-state index is 0.0453. The van der Waals surface area contributed by atoms with Crippen molar-refractivity contribution in [3.05, 3.63) is 27.8 Å². The number of carbonyl (C=O) groups is 1. The first-order chi connectivity index (χ1) is 9.84. The van der Waals surface area contributed by atoms with Gasteiger partial charge >= 0.3 is 5.97 Å². The number of hydrogen-bond acceptors (Lipinski definition) is 3. The van der Waals surface area contributed by atoms with Crippen LogP contribution >= 0.6 is 0 Å². The van der Waals surface area contributed by atoms with Crippen LogP contribution in [-0.2, 0) is 11.2 Å². The second kappa shape index (κ2) is 4.73. The third kappa shape index (κ3) is 2.13. The Morgan fingerprint density at radius 2 is 1.95 bits per heavy atom. The summed E-state index contributed by atoms with van der Waals surface area (Å²) >= 11 is 0. The van der Waals surface area contributed by atoms with Gasteiger partial charge in [-0.1, -0.05) is 0 Å². The highest BCUT2D eigenvalue weighted by atomic mass is 16.5. The number of carboxylic acids is 1. The minimum Gasteiger partial charge on any atom is -0.487 e. The van der Waals surface area contributed by atoms with E-state index < -0.39 is 5.97 Å². The van der Waals surface area contributed by atoms with Crippen molar-refractivity contribution in [2.24, 2.45) is 5.73 Å². The van der Waals surface area contributed by atoms with E-state index >= 15 is 0 Å². The highest BCUT2D eigenvalue weighted by Gasteiger charge is 2.46. The van der Waals surface area contributed by atoms with Crippen molar-refractivity contribution >= 4 is 5.97 Å². The summed E-state index contributed by atoms with van der Waals surface area (Å²) in [6.45, 7) is 5.98. The number of hydrogen-bond donors (Lipinski definition) is 2. The molecule has 1 spiro atoms. The van der Waals surface area contributed by atoms with Crippen molar-refractivity contribution in [2.45, 2.75) is 64.5 Å². The second-order valence-electron chi connectivity index (χ2n) is 6.62. The van der Waals surface area contributed by atoms with E-state index in [4.69, 9.17) is 15.6 Å². The van der Waals surface area contributed by atoms with Gasteiger partial charge in [0.2, 0.25) is 0 Å². The average Bonchev–Trinajstić information content (AvgIpc) is 2.38. The summed E-state index contributed by atoms with van der Waals surface area (Å²) in [7, 11) is 0. The number of ether oxygens (including phenoxy) is 1. The van der Waals surface area contributed by atoms with Crippen molar-refractivity contribution < 1.29 is 14.6 Å². The van der Waals surface area contributed by atoms with Crippen LogP contribution in [0.5, 0.6) is 5.75 Å². The zero-order chi connectivity index (χ0) is 15.4. The largest absolute Gasteiger partial charge is 0.487 e. The molecule has 4 nitrogen and oxygen atoms in total. The Balaban J connectivity index is 2.14. The molecule has 21 heavy (non-hydrogen) atoms. The van der Waals surface area contributed by atoms with Crippen LogP contribution < -0.4 is 10.5 Å². The van der Waals surface area contributed by atoms with E-state index in [1.807, 2.05) is 20.8 Å². The fourth-order valence-electron chi connectivity index (χ4n) is 3.85. The van der Waals surface area contributed by atoms with Crippen molar-refractivity contribution in [3.63, 3.8) is 0 Å². The lowest BCUT2D eigenvalue weighted by molar-refractivity contribution is -0.136. The van der Waals surface area contributed by atoms with Gasteiger partial charge in [0, 0.05) is 18.0 Å². The molecular weight excluding hydrogens is 266 g/mol. The average molecular weight is 289 g/mol. The van der Waals surface area contributed by atoms with Crippen LogP contribution in [0.25, 0.3) is 0 Å². The number of fused-ring (bicyclic) bond motifs is 1. The van der Waals surface area contributed by atoms with Gasteiger partial charge in [-0.15, -0.1) is 0 Å². The summed E-state index contributed by atoms with van der Waals surface area (Å²) in [6, 6.07) is -0.0547. The van der Waals surface area contributed by atoms with Crippen molar-refractivity contribution in [1.82, 2.24) is 0 Å². The molecule has 0 aromatic heterocycles. The van der Waals surface area contributed by atoms with Gasteiger partial charge in [0.15, 0.2) is 0 Å². The summed E-state index contributed by atoms with van der Waals surface area (Å²) < 4.78 is 6.35. The lowest BCUT2D eigenvalue weighted by atomic mass is 9.71. The first-order valence-corrected chi connectivity index (χ1v) is 7.63. The third-order valence-corrected chi connectivity index (χ3v) is 5.33. The lowest BCUT2D eigenvalue weighted by Crippen LogP contribution is -2.48. The molecule has 1 aliphatic heterocycles. The summed E-state index contributed by atoms with van der Waals surface area (Å²) in [6.07, 6.45) is 4.25. The highest BCUT2D eigenvalue weighted by molar-refractivity contribution is 5.73. The monoisotopic (exact) mass is 289 g/mol. The molecule has 1 aromatic carbocycles. The van der Waals surface area contributed by atoms with Gasteiger partial charge in [0.05, 0.1) is 6.42 Å². The second-order valence-corrected chi connectivity index (χ2v) is 6.62. The molecule has 4 heteroatoms. The van der Waals surface area contributed by atoms with Crippen LogP contribution in [-0.4, -0.2) is 16.7 Å². The molecule has 2 aliphatic rings. The molecule has 1 fully saturated rings. The lowest BCUT2D eigenvalue weighted by Gasteiger charge is -2.48. The first kappa shape index (κ1) is 14.4. The number of aliphatic carboxylic acids is 1. The molecule has 0 radical (unpaired) electrons. The molecule has 1 unspecified atom stereocenters. The smallest absolute Gasteiger partial charge is 0.307 e. The Bertz CT molecular complexity index is 617. The van der Waals surface area contributed by atoms with Crippen LogP contribution in [0, 0.1) is 20.8 Å². The minimum atomic E-state index is -0.804. The Hall–Kier alpha value is -1.55. The van der Waals surface area contributed by atoms with Gasteiger partial charge in [-0.3, -0.25) is 4.79 Å². The van der Waals surface area contributed by atoms with Gasteiger partial charge in [0.25, 0.3) is 0 Å². The molecule has 114 valence electrons. The Kier molecular flexibility index (Phi) is 3.24. The molecule has 3 N–H and O–H groups in total. The van der Waals surface area contributed by atoms with Gasteiger partial charge < -0.3 is 15.6 Å². The van der Waals surface area contributed by atoms with Gasteiger partial charge in [-0.2, -0.15) is 0 Å². The molecule has 1 atom stereocenters. The normalized spacial score (nSPS) is 22.4. The molecule has 1 aliphatic carbocycles. The van der Waals surface area contributed by atoms with Crippen LogP contribution in [0.15, 0.2) is 0 Å². The first-order valence-electron chi connectivity index (χ1n) is 7.63. The van der Waals surface area contributed by atoms with E-state index in [1.54, 1.807) is 0 Å². The molecule has 1 aromatic rings. The third-order valence-electron chi connectivity index (χ3n) is 5.33. The van der Waals surface area contributed by atoms with E-state index in [9.17, 15) is 4.79 Å². The SMILES string of the molecule is Cc1c(C)c2c(c(C)c1CC(=O)O)C(N)CC1(CCC1)O2.